The van der Waals surface area contributed by atoms with Crippen molar-refractivity contribution in [1.82, 2.24) is 26.6 Å². The van der Waals surface area contributed by atoms with Crippen molar-refractivity contribution in [3.63, 3.8) is 0 Å². The van der Waals surface area contributed by atoms with Crippen LogP contribution in [0.2, 0.25) is 0 Å². The molecule has 224 valence electrons. The summed E-state index contributed by atoms with van der Waals surface area (Å²) in [6, 6.07) is 15.3. The Morgan fingerprint density at radius 1 is 0.643 bits per heavy atom. The zero-order valence-corrected chi connectivity index (χ0v) is 23.6. The normalized spacial score (nSPS) is 10.1. The van der Waals surface area contributed by atoms with Gasteiger partial charge >= 0.3 is 0 Å². The highest BCUT2D eigenvalue weighted by molar-refractivity contribution is 8.14. The van der Waals surface area contributed by atoms with Gasteiger partial charge in [-0.05, 0) is 24.1 Å². The molecule has 0 bridgehead atoms. The van der Waals surface area contributed by atoms with E-state index in [-0.39, 0.29) is 48.9 Å². The van der Waals surface area contributed by atoms with Gasteiger partial charge in [0.15, 0.2) is 5.96 Å². The lowest BCUT2D eigenvalue weighted by Gasteiger charge is -2.09. The Balaban J connectivity index is 1.50. The van der Waals surface area contributed by atoms with Crippen LogP contribution in [0.5, 0.6) is 0 Å². The molecule has 42 heavy (non-hydrogen) atoms. The Morgan fingerprint density at radius 3 is 1.79 bits per heavy atom. The van der Waals surface area contributed by atoms with Crippen LogP contribution >= 0.6 is 11.8 Å². The lowest BCUT2D eigenvalue weighted by molar-refractivity contribution is -0.128. The topological polar surface area (TPSA) is 227 Å². The quantitative estimate of drug-likeness (QED) is 0.0685. The average molecular weight is 599 g/mol. The second-order valence-electron chi connectivity index (χ2n) is 8.67. The molecule has 2 rings (SSSR count). The van der Waals surface area contributed by atoms with Gasteiger partial charge in [0.1, 0.15) is 0 Å². The molecule has 0 spiro atoms. The van der Waals surface area contributed by atoms with Crippen LogP contribution in [0.3, 0.4) is 0 Å². The molecule has 0 aromatic heterocycles. The van der Waals surface area contributed by atoms with E-state index in [1.807, 2.05) is 0 Å². The molecule has 9 N–H and O–H groups in total. The molecule has 0 saturated carbocycles. The van der Waals surface area contributed by atoms with Crippen LogP contribution in [-0.4, -0.2) is 79.1 Å². The van der Waals surface area contributed by atoms with Crippen LogP contribution in [0.4, 0.5) is 0 Å². The standard InChI is InChI=1S/C27H34N8O6S/c28-27(29)35-13-18-7-9-19(10-8-18)25(40)31-12-4-11-30-21(36)14-32-22(37)15-33-23(38)16-34-24(39)17-42-26(41)20-5-2-1-3-6-20/h1-3,5-10H,4,11-17H2,(H,30,36)(H,31,40)(H,32,37)(H,33,38)(H,34,39)(H4,28,29,35). The van der Waals surface area contributed by atoms with Crippen molar-refractivity contribution in [2.24, 2.45) is 16.5 Å². The molecule has 14 nitrogen and oxygen atoms in total. The second kappa shape index (κ2) is 18.4. The first-order valence-electron chi connectivity index (χ1n) is 12.9. The lowest BCUT2D eigenvalue weighted by Crippen LogP contribution is -2.44. The molecule has 0 heterocycles. The summed E-state index contributed by atoms with van der Waals surface area (Å²) in [5.41, 5.74) is 12.4. The molecule has 2 aromatic rings. The molecule has 0 aliphatic carbocycles. The summed E-state index contributed by atoms with van der Waals surface area (Å²) in [7, 11) is 0. The fourth-order valence-electron chi connectivity index (χ4n) is 3.13. The minimum absolute atomic E-state index is 0.0133. The van der Waals surface area contributed by atoms with Crippen LogP contribution < -0.4 is 38.1 Å². The zero-order chi connectivity index (χ0) is 30.7. The predicted molar refractivity (Wildman–Crippen MR) is 158 cm³/mol. The van der Waals surface area contributed by atoms with E-state index in [4.69, 9.17) is 11.5 Å². The smallest absolute Gasteiger partial charge is 0.251 e. The molecule has 0 unspecified atom stereocenters. The Morgan fingerprint density at radius 2 is 1.19 bits per heavy atom. The third-order valence-electron chi connectivity index (χ3n) is 5.30. The van der Waals surface area contributed by atoms with Gasteiger partial charge in [-0.15, -0.1) is 0 Å². The maximum atomic E-state index is 12.2. The van der Waals surface area contributed by atoms with Crippen molar-refractivity contribution in [1.29, 1.82) is 0 Å². The number of carbonyl (C=O) groups is 6. The average Bonchev–Trinajstić information content (AvgIpc) is 2.99. The molecule has 5 amide bonds. The van der Waals surface area contributed by atoms with Crippen molar-refractivity contribution >= 4 is 52.4 Å². The largest absolute Gasteiger partial charge is 0.370 e. The highest BCUT2D eigenvalue weighted by Gasteiger charge is 2.12. The molecule has 0 fully saturated rings. The van der Waals surface area contributed by atoms with E-state index in [1.54, 1.807) is 54.6 Å². The number of guanidine groups is 1. The summed E-state index contributed by atoms with van der Waals surface area (Å²) in [6.45, 7) is -0.127. The third-order valence-corrected chi connectivity index (χ3v) is 6.21. The first kappa shape index (κ1) is 33.3. The molecule has 0 atom stereocenters. The van der Waals surface area contributed by atoms with Crippen molar-refractivity contribution in [2.75, 3.05) is 38.5 Å². The molecule has 0 radical (unpaired) electrons. The number of aliphatic imine (C=N–C) groups is 1. The molecule has 2 aromatic carbocycles. The summed E-state index contributed by atoms with van der Waals surface area (Å²) in [5, 5.41) is 12.1. The summed E-state index contributed by atoms with van der Waals surface area (Å²) in [6.07, 6.45) is 0.467. The van der Waals surface area contributed by atoms with E-state index in [0.29, 0.717) is 30.6 Å². The molecular weight excluding hydrogens is 564 g/mol. The van der Waals surface area contributed by atoms with Gasteiger partial charge in [0, 0.05) is 24.2 Å². The lowest BCUT2D eigenvalue weighted by atomic mass is 10.1. The van der Waals surface area contributed by atoms with Crippen molar-refractivity contribution < 1.29 is 28.8 Å². The van der Waals surface area contributed by atoms with Gasteiger partial charge in [-0.2, -0.15) is 0 Å². The van der Waals surface area contributed by atoms with E-state index >= 15 is 0 Å². The first-order valence-corrected chi connectivity index (χ1v) is 13.8. The number of nitrogens with zero attached hydrogens (tertiary/aromatic N) is 1. The van der Waals surface area contributed by atoms with Gasteiger partial charge in [-0.1, -0.05) is 54.2 Å². The maximum absolute atomic E-state index is 12.2. The van der Waals surface area contributed by atoms with Crippen molar-refractivity contribution in [2.45, 2.75) is 13.0 Å². The number of carbonyl (C=O) groups excluding carboxylic acids is 6. The van der Waals surface area contributed by atoms with Crippen molar-refractivity contribution in [3.8, 4) is 0 Å². The molecule has 15 heteroatoms. The molecule has 0 aliphatic rings. The SMILES string of the molecule is NC(N)=NCc1ccc(C(=O)NCCCNC(=O)CNC(=O)CNC(=O)CNC(=O)CSC(=O)c2ccccc2)cc1. The van der Waals surface area contributed by atoms with Gasteiger partial charge in [0.05, 0.1) is 31.9 Å². The summed E-state index contributed by atoms with van der Waals surface area (Å²) in [5.74, 6) is -2.57. The summed E-state index contributed by atoms with van der Waals surface area (Å²) >= 11 is 0.815. The number of rotatable bonds is 16. The number of hydrogen-bond acceptors (Lipinski definition) is 8. The van der Waals surface area contributed by atoms with Gasteiger partial charge in [0.2, 0.25) is 28.7 Å². The van der Waals surface area contributed by atoms with Crippen molar-refractivity contribution in [3.05, 3.63) is 71.3 Å². The number of amides is 5. The fraction of sp³-hybridized carbons (Fsp3) is 0.296. The minimum Gasteiger partial charge on any atom is -0.370 e. The van der Waals surface area contributed by atoms with E-state index in [9.17, 15) is 28.8 Å². The number of thioether (sulfide) groups is 1. The van der Waals surface area contributed by atoms with Gasteiger partial charge in [0.25, 0.3) is 5.91 Å². The van der Waals surface area contributed by atoms with E-state index in [1.165, 1.54) is 0 Å². The highest BCUT2D eigenvalue weighted by atomic mass is 32.2. The van der Waals surface area contributed by atoms with E-state index in [0.717, 1.165) is 17.3 Å². The van der Waals surface area contributed by atoms with E-state index in [2.05, 4.69) is 31.6 Å². The fourth-order valence-corrected chi connectivity index (χ4v) is 3.80. The molecular formula is C27H34N8O6S. The van der Waals surface area contributed by atoms with Crippen LogP contribution in [0, 0.1) is 0 Å². The zero-order valence-electron chi connectivity index (χ0n) is 22.8. The number of hydrogen-bond donors (Lipinski definition) is 7. The minimum atomic E-state index is -0.605. The number of benzene rings is 2. The van der Waals surface area contributed by atoms with E-state index < -0.39 is 23.6 Å². The molecule has 0 aliphatic heterocycles. The molecule has 0 saturated heterocycles. The van der Waals surface area contributed by atoms with Crippen LogP contribution in [-0.2, 0) is 25.7 Å². The van der Waals surface area contributed by atoms with Crippen LogP contribution in [0.15, 0.2) is 59.6 Å². The van der Waals surface area contributed by atoms with Crippen LogP contribution in [0.25, 0.3) is 0 Å². The monoisotopic (exact) mass is 598 g/mol. The number of nitrogens with one attached hydrogen (secondary N) is 5. The predicted octanol–water partition coefficient (Wildman–Crippen LogP) is -1.38. The van der Waals surface area contributed by atoms with Gasteiger partial charge in [-0.25, -0.2) is 4.99 Å². The number of nitrogens with two attached hydrogens (primary N) is 2. The van der Waals surface area contributed by atoms with Gasteiger partial charge in [-0.3, -0.25) is 28.8 Å². The Kier molecular flexibility index (Phi) is 14.6. The van der Waals surface area contributed by atoms with Crippen LogP contribution in [0.1, 0.15) is 32.7 Å². The highest BCUT2D eigenvalue weighted by Crippen LogP contribution is 2.11. The Hall–Kier alpha value is -4.92. The first-order chi connectivity index (χ1) is 20.1. The summed E-state index contributed by atoms with van der Waals surface area (Å²) < 4.78 is 0. The second-order valence-corrected chi connectivity index (χ2v) is 9.62. The Labute approximate surface area is 246 Å². The van der Waals surface area contributed by atoms with Gasteiger partial charge < -0.3 is 38.1 Å². The third kappa shape index (κ3) is 13.9. The summed E-state index contributed by atoms with van der Waals surface area (Å²) in [4.78, 5) is 75.6. The Bertz CT molecular complexity index is 1270. The maximum Gasteiger partial charge on any atom is 0.251 e.